The van der Waals surface area contributed by atoms with Gasteiger partial charge in [0, 0.05) is 19.6 Å². The average molecular weight is 159 g/mol. The molecule has 0 unspecified atom stereocenters. The van der Waals surface area contributed by atoms with Gasteiger partial charge < -0.3 is 0 Å². The summed E-state index contributed by atoms with van der Waals surface area (Å²) >= 11 is 0. The Labute approximate surface area is 70.1 Å². The van der Waals surface area contributed by atoms with Crippen molar-refractivity contribution in [1.29, 1.82) is 0 Å². The zero-order chi connectivity index (χ0) is 8.53. The van der Waals surface area contributed by atoms with Crippen LogP contribution < -0.4 is 10.9 Å². The minimum atomic E-state index is 0.983. The second kappa shape index (κ2) is 7.98. The number of hydrazine groups is 2. The molecule has 11 heavy (non-hydrogen) atoms. The molecule has 3 heteroatoms. The first kappa shape index (κ1) is 10.9. The molecule has 0 fully saturated rings. The van der Waals surface area contributed by atoms with E-state index in [1.807, 2.05) is 0 Å². The summed E-state index contributed by atoms with van der Waals surface area (Å²) in [6.07, 6.45) is 2.48. The van der Waals surface area contributed by atoms with Crippen molar-refractivity contribution in [1.82, 2.24) is 16.0 Å². The van der Waals surface area contributed by atoms with Gasteiger partial charge in [-0.2, -0.15) is 5.12 Å². The Bertz CT molecular complexity index is 69.7. The summed E-state index contributed by atoms with van der Waals surface area (Å²) in [5, 5.41) is 2.07. The van der Waals surface area contributed by atoms with Crippen LogP contribution in [0, 0.1) is 0 Å². The lowest BCUT2D eigenvalue weighted by Crippen LogP contribution is -2.48. The summed E-state index contributed by atoms with van der Waals surface area (Å²) in [6, 6.07) is 0. The van der Waals surface area contributed by atoms with Crippen molar-refractivity contribution in [3.8, 4) is 0 Å². The highest BCUT2D eigenvalue weighted by molar-refractivity contribution is 4.44. The van der Waals surface area contributed by atoms with Gasteiger partial charge in [-0.15, -0.1) is 0 Å². The fourth-order valence-corrected chi connectivity index (χ4v) is 0.912. The van der Waals surface area contributed by atoms with Crippen LogP contribution in [0.3, 0.4) is 0 Å². The largest absolute Gasteiger partial charge is 0.242 e. The topological polar surface area (TPSA) is 27.3 Å². The Morgan fingerprint density at radius 3 is 1.91 bits per heavy atom. The molecule has 0 aliphatic rings. The van der Waals surface area contributed by atoms with E-state index < -0.39 is 0 Å². The average Bonchev–Trinajstić information content (AvgIpc) is 2.01. The van der Waals surface area contributed by atoms with Crippen LogP contribution in [0.4, 0.5) is 0 Å². The van der Waals surface area contributed by atoms with Crippen molar-refractivity contribution in [2.45, 2.75) is 33.6 Å². The van der Waals surface area contributed by atoms with Crippen molar-refractivity contribution >= 4 is 0 Å². The summed E-state index contributed by atoms with van der Waals surface area (Å²) in [6.45, 7) is 9.47. The predicted molar refractivity (Wildman–Crippen MR) is 49.0 cm³/mol. The first-order chi connectivity index (χ1) is 5.35. The lowest BCUT2D eigenvalue weighted by Gasteiger charge is -2.22. The van der Waals surface area contributed by atoms with E-state index in [2.05, 4.69) is 36.7 Å². The molecular formula is C8H21N3. The molecule has 0 radical (unpaired) electrons. The first-order valence-electron chi connectivity index (χ1n) is 4.59. The molecule has 0 amide bonds. The third-order valence-corrected chi connectivity index (χ3v) is 1.43. The van der Waals surface area contributed by atoms with Gasteiger partial charge in [-0.3, -0.25) is 0 Å². The van der Waals surface area contributed by atoms with Crippen LogP contribution in [0.5, 0.6) is 0 Å². The molecule has 0 heterocycles. The molecule has 0 aromatic rings. The summed E-state index contributed by atoms with van der Waals surface area (Å²) < 4.78 is 0. The molecule has 0 aromatic heterocycles. The minimum Gasteiger partial charge on any atom is -0.242 e. The van der Waals surface area contributed by atoms with E-state index in [-0.39, 0.29) is 0 Å². The standard InChI is InChI=1S/C8H21N3/c1-4-7-8-11(9-5-2)10-6-3/h9-10H,4-8H2,1-3H3. The molecule has 0 rings (SSSR count). The minimum absolute atomic E-state index is 0.983. The van der Waals surface area contributed by atoms with Gasteiger partial charge in [0.05, 0.1) is 0 Å². The van der Waals surface area contributed by atoms with Gasteiger partial charge in [-0.05, 0) is 6.42 Å². The molecule has 0 saturated heterocycles. The van der Waals surface area contributed by atoms with E-state index in [0.29, 0.717) is 0 Å². The van der Waals surface area contributed by atoms with E-state index in [9.17, 15) is 0 Å². The molecule has 0 atom stereocenters. The molecule has 68 valence electrons. The quantitative estimate of drug-likeness (QED) is 0.545. The number of unbranched alkanes of at least 4 members (excludes halogenated alkanes) is 1. The van der Waals surface area contributed by atoms with Crippen LogP contribution in [0.1, 0.15) is 33.6 Å². The molecule has 3 nitrogen and oxygen atoms in total. The predicted octanol–water partition coefficient (Wildman–Crippen LogP) is 1.14. The fourth-order valence-electron chi connectivity index (χ4n) is 0.912. The Kier molecular flexibility index (Phi) is 7.89. The number of rotatable bonds is 7. The molecule has 0 bridgehead atoms. The Hall–Kier alpha value is -0.120. The lowest BCUT2D eigenvalue weighted by atomic mass is 10.3. The van der Waals surface area contributed by atoms with Gasteiger partial charge in [0.1, 0.15) is 0 Å². The van der Waals surface area contributed by atoms with E-state index >= 15 is 0 Å². The highest BCUT2D eigenvalue weighted by Crippen LogP contribution is 1.87. The highest BCUT2D eigenvalue weighted by Gasteiger charge is 1.97. The third kappa shape index (κ3) is 6.28. The van der Waals surface area contributed by atoms with Crippen molar-refractivity contribution in [2.24, 2.45) is 0 Å². The van der Waals surface area contributed by atoms with Gasteiger partial charge in [0.25, 0.3) is 0 Å². The Morgan fingerprint density at radius 1 is 1.00 bits per heavy atom. The van der Waals surface area contributed by atoms with Gasteiger partial charge in [-0.25, -0.2) is 10.9 Å². The van der Waals surface area contributed by atoms with Crippen LogP contribution in [-0.4, -0.2) is 24.8 Å². The number of hydrogen-bond acceptors (Lipinski definition) is 3. The molecule has 0 aromatic carbocycles. The fraction of sp³-hybridized carbons (Fsp3) is 1.00. The maximum Gasteiger partial charge on any atom is 0.0288 e. The smallest absolute Gasteiger partial charge is 0.0288 e. The zero-order valence-corrected chi connectivity index (χ0v) is 7.98. The monoisotopic (exact) mass is 159 g/mol. The van der Waals surface area contributed by atoms with E-state index in [0.717, 1.165) is 19.6 Å². The second-order valence-corrected chi connectivity index (χ2v) is 2.53. The number of hydrogen-bond donors (Lipinski definition) is 2. The van der Waals surface area contributed by atoms with Crippen LogP contribution in [0.15, 0.2) is 0 Å². The maximum atomic E-state index is 3.24. The van der Waals surface area contributed by atoms with E-state index in [4.69, 9.17) is 0 Å². The van der Waals surface area contributed by atoms with Crippen LogP contribution in [-0.2, 0) is 0 Å². The van der Waals surface area contributed by atoms with Gasteiger partial charge in [0.2, 0.25) is 0 Å². The zero-order valence-electron chi connectivity index (χ0n) is 7.98. The molecule has 2 N–H and O–H groups in total. The van der Waals surface area contributed by atoms with Crippen LogP contribution in [0.2, 0.25) is 0 Å². The summed E-state index contributed by atoms with van der Waals surface area (Å²) in [5.74, 6) is 0. The van der Waals surface area contributed by atoms with Crippen molar-refractivity contribution in [3.63, 3.8) is 0 Å². The highest BCUT2D eigenvalue weighted by atomic mass is 15.7. The van der Waals surface area contributed by atoms with E-state index in [1.54, 1.807) is 0 Å². The molecule has 0 aliphatic carbocycles. The number of nitrogens with one attached hydrogen (secondary N) is 2. The van der Waals surface area contributed by atoms with Gasteiger partial charge in [-0.1, -0.05) is 27.2 Å². The van der Waals surface area contributed by atoms with Crippen molar-refractivity contribution < 1.29 is 0 Å². The molecular weight excluding hydrogens is 138 g/mol. The summed E-state index contributed by atoms with van der Waals surface area (Å²) in [7, 11) is 0. The van der Waals surface area contributed by atoms with E-state index in [1.165, 1.54) is 12.8 Å². The molecule has 0 saturated carbocycles. The normalized spacial score (nSPS) is 10.9. The maximum absolute atomic E-state index is 3.24. The SMILES string of the molecule is CCCCN(NCC)NCC. The van der Waals surface area contributed by atoms with Crippen LogP contribution in [0.25, 0.3) is 0 Å². The lowest BCUT2D eigenvalue weighted by molar-refractivity contribution is 0.118. The van der Waals surface area contributed by atoms with Crippen molar-refractivity contribution in [2.75, 3.05) is 19.6 Å². The second-order valence-electron chi connectivity index (χ2n) is 2.53. The summed E-state index contributed by atoms with van der Waals surface area (Å²) in [5.41, 5.74) is 6.48. The van der Waals surface area contributed by atoms with Gasteiger partial charge in [0.15, 0.2) is 0 Å². The number of nitrogens with zero attached hydrogens (tertiary/aromatic N) is 1. The Morgan fingerprint density at radius 2 is 1.55 bits per heavy atom. The third-order valence-electron chi connectivity index (χ3n) is 1.43. The molecule has 0 spiro atoms. The van der Waals surface area contributed by atoms with Gasteiger partial charge >= 0.3 is 0 Å². The Balaban J connectivity index is 3.34. The van der Waals surface area contributed by atoms with Crippen molar-refractivity contribution in [3.05, 3.63) is 0 Å². The van der Waals surface area contributed by atoms with Crippen LogP contribution >= 0.6 is 0 Å². The molecule has 0 aliphatic heterocycles. The summed E-state index contributed by atoms with van der Waals surface area (Å²) in [4.78, 5) is 0. The first-order valence-corrected chi connectivity index (χ1v) is 4.59.